The van der Waals surface area contributed by atoms with E-state index in [1.807, 2.05) is 73.7 Å². The van der Waals surface area contributed by atoms with Crippen LogP contribution in [0.25, 0.3) is 10.8 Å². The average Bonchev–Trinajstić information content (AvgIpc) is 2.85. The number of anilines is 2. The summed E-state index contributed by atoms with van der Waals surface area (Å²) in [6, 6.07) is 24.4. The summed E-state index contributed by atoms with van der Waals surface area (Å²) in [4.78, 5) is 26.0. The van der Waals surface area contributed by atoms with Crippen molar-refractivity contribution in [2.24, 2.45) is 0 Å². The monoisotopic (exact) mass is 490 g/mol. The fourth-order valence-corrected chi connectivity index (χ4v) is 4.29. The minimum atomic E-state index is -0.169. The summed E-state index contributed by atoms with van der Waals surface area (Å²) in [6.07, 6.45) is 0. The Labute approximate surface area is 207 Å². The van der Waals surface area contributed by atoms with E-state index < -0.39 is 0 Å². The van der Waals surface area contributed by atoms with Crippen molar-refractivity contribution in [2.45, 2.75) is 11.8 Å². The Bertz CT molecular complexity index is 1360. The van der Waals surface area contributed by atoms with Crippen molar-refractivity contribution in [1.29, 1.82) is 0 Å². The molecule has 0 aromatic heterocycles. The first-order chi connectivity index (χ1) is 16.4. The summed E-state index contributed by atoms with van der Waals surface area (Å²) < 4.78 is 5.30. The van der Waals surface area contributed by atoms with Gasteiger partial charge in [0.15, 0.2) is 0 Å². The van der Waals surface area contributed by atoms with Crippen LogP contribution >= 0.6 is 23.4 Å². The summed E-state index contributed by atoms with van der Waals surface area (Å²) in [5.41, 5.74) is 2.73. The molecule has 0 spiro atoms. The fraction of sp³-hybridized carbons (Fsp3) is 0.111. The predicted octanol–water partition coefficient (Wildman–Crippen LogP) is 6.79. The average molecular weight is 491 g/mol. The van der Waals surface area contributed by atoms with E-state index in [0.717, 1.165) is 21.2 Å². The number of carbonyl (C=O) groups excluding carboxylic acids is 2. The van der Waals surface area contributed by atoms with Crippen LogP contribution in [0.15, 0.2) is 83.8 Å². The number of rotatable bonds is 7. The van der Waals surface area contributed by atoms with Crippen LogP contribution in [-0.4, -0.2) is 24.7 Å². The Morgan fingerprint density at radius 3 is 2.38 bits per heavy atom. The number of hydrogen-bond donors (Lipinski definition) is 2. The third-order valence-corrected chi connectivity index (χ3v) is 6.67. The maximum absolute atomic E-state index is 12.6. The van der Waals surface area contributed by atoms with Gasteiger partial charge in [0.25, 0.3) is 5.91 Å². The van der Waals surface area contributed by atoms with Crippen molar-refractivity contribution in [3.05, 3.63) is 95.0 Å². The largest absolute Gasteiger partial charge is 0.495 e. The third kappa shape index (κ3) is 5.71. The summed E-state index contributed by atoms with van der Waals surface area (Å²) in [5.74, 6) is 0.421. The molecule has 172 valence electrons. The second kappa shape index (κ2) is 10.6. The second-order valence-corrected chi connectivity index (χ2v) is 9.13. The van der Waals surface area contributed by atoms with E-state index in [-0.39, 0.29) is 17.6 Å². The van der Waals surface area contributed by atoms with E-state index in [9.17, 15) is 9.59 Å². The van der Waals surface area contributed by atoms with E-state index in [1.54, 1.807) is 12.1 Å². The van der Waals surface area contributed by atoms with Crippen molar-refractivity contribution in [3.8, 4) is 5.75 Å². The molecule has 0 fully saturated rings. The molecule has 4 aromatic rings. The Morgan fingerprint density at radius 1 is 0.912 bits per heavy atom. The molecule has 34 heavy (non-hydrogen) atoms. The number of benzene rings is 4. The van der Waals surface area contributed by atoms with Gasteiger partial charge in [-0.2, -0.15) is 0 Å². The number of methoxy groups -OCH3 is 1. The van der Waals surface area contributed by atoms with Crippen LogP contribution in [0.1, 0.15) is 15.9 Å². The normalized spacial score (nSPS) is 10.7. The van der Waals surface area contributed by atoms with E-state index in [4.69, 9.17) is 16.3 Å². The second-order valence-electron chi connectivity index (χ2n) is 7.68. The van der Waals surface area contributed by atoms with Crippen LogP contribution in [-0.2, 0) is 4.79 Å². The molecule has 4 rings (SSSR count). The Balaban J connectivity index is 1.33. The Hall–Kier alpha value is -3.48. The molecule has 0 saturated carbocycles. The van der Waals surface area contributed by atoms with Crippen molar-refractivity contribution in [2.75, 3.05) is 23.5 Å². The summed E-state index contributed by atoms with van der Waals surface area (Å²) >= 11 is 7.52. The smallest absolute Gasteiger partial charge is 0.255 e. The summed E-state index contributed by atoms with van der Waals surface area (Å²) in [5, 5.41) is 8.48. The third-order valence-electron chi connectivity index (χ3n) is 5.25. The van der Waals surface area contributed by atoms with Gasteiger partial charge in [-0.1, -0.05) is 41.9 Å². The van der Waals surface area contributed by atoms with Crippen molar-refractivity contribution >= 4 is 57.3 Å². The predicted molar refractivity (Wildman–Crippen MR) is 140 cm³/mol. The lowest BCUT2D eigenvalue weighted by Crippen LogP contribution is -2.15. The number of ether oxygens (including phenoxy) is 1. The van der Waals surface area contributed by atoms with Crippen LogP contribution in [0.4, 0.5) is 11.4 Å². The minimum absolute atomic E-state index is 0.154. The molecule has 5 nitrogen and oxygen atoms in total. The molecular formula is C27H23ClN2O3S. The van der Waals surface area contributed by atoms with Crippen LogP contribution < -0.4 is 15.4 Å². The van der Waals surface area contributed by atoms with Gasteiger partial charge in [0.1, 0.15) is 5.75 Å². The molecule has 0 saturated heterocycles. The number of hydrogen-bond acceptors (Lipinski definition) is 4. The maximum atomic E-state index is 12.6. The molecule has 0 aliphatic carbocycles. The van der Waals surface area contributed by atoms with Gasteiger partial charge in [0, 0.05) is 27.2 Å². The van der Waals surface area contributed by atoms with Crippen molar-refractivity contribution < 1.29 is 14.3 Å². The van der Waals surface area contributed by atoms with Gasteiger partial charge in [-0.15, -0.1) is 11.8 Å². The molecule has 0 unspecified atom stereocenters. The molecule has 0 aliphatic heterocycles. The SMILES string of the molecule is COc1cc(Cl)c(C)cc1NC(=O)CSc1ccc(NC(=O)c2ccc3ccccc3c2)cc1. The highest BCUT2D eigenvalue weighted by Gasteiger charge is 2.11. The van der Waals surface area contributed by atoms with Gasteiger partial charge in [-0.3, -0.25) is 9.59 Å². The lowest BCUT2D eigenvalue weighted by Gasteiger charge is -2.12. The van der Waals surface area contributed by atoms with Crippen molar-refractivity contribution in [3.63, 3.8) is 0 Å². The highest BCUT2D eigenvalue weighted by atomic mass is 35.5. The molecule has 0 aliphatic rings. The molecule has 2 amide bonds. The molecule has 0 atom stereocenters. The zero-order valence-electron chi connectivity index (χ0n) is 18.7. The number of nitrogens with one attached hydrogen (secondary N) is 2. The molecule has 4 aromatic carbocycles. The number of aryl methyl sites for hydroxylation is 1. The van der Waals surface area contributed by atoms with Gasteiger partial charge in [-0.25, -0.2) is 0 Å². The molecule has 7 heteroatoms. The molecule has 0 heterocycles. The minimum Gasteiger partial charge on any atom is -0.495 e. The topological polar surface area (TPSA) is 67.4 Å². The van der Waals surface area contributed by atoms with E-state index >= 15 is 0 Å². The van der Waals surface area contributed by atoms with Gasteiger partial charge >= 0.3 is 0 Å². The van der Waals surface area contributed by atoms with Gasteiger partial charge in [0.2, 0.25) is 5.91 Å². The zero-order valence-corrected chi connectivity index (χ0v) is 20.3. The van der Waals surface area contributed by atoms with E-state index in [2.05, 4.69) is 10.6 Å². The standard InChI is InChI=1S/C27H23ClN2O3S/c1-17-13-24(25(33-2)15-23(17)28)30-26(31)16-34-22-11-9-21(10-12-22)29-27(32)20-8-7-18-5-3-4-6-19(18)14-20/h3-15H,16H2,1-2H3,(H,29,32)(H,30,31). The first-order valence-electron chi connectivity index (χ1n) is 10.6. The number of fused-ring (bicyclic) bond motifs is 1. The van der Waals surface area contributed by atoms with Crippen LogP contribution in [0.5, 0.6) is 5.75 Å². The first kappa shape index (κ1) is 23.7. The molecular weight excluding hydrogens is 468 g/mol. The van der Waals surface area contributed by atoms with E-state index in [1.165, 1.54) is 18.9 Å². The highest BCUT2D eigenvalue weighted by molar-refractivity contribution is 8.00. The lowest BCUT2D eigenvalue weighted by molar-refractivity contribution is -0.113. The molecule has 0 bridgehead atoms. The van der Waals surface area contributed by atoms with Crippen LogP contribution in [0.2, 0.25) is 5.02 Å². The number of carbonyl (C=O) groups is 2. The Kier molecular flexibility index (Phi) is 7.40. The van der Waals surface area contributed by atoms with Gasteiger partial charge in [-0.05, 0) is 65.7 Å². The Morgan fingerprint density at radius 2 is 1.65 bits per heavy atom. The zero-order chi connectivity index (χ0) is 24.1. The van der Waals surface area contributed by atoms with Gasteiger partial charge in [0.05, 0.1) is 18.6 Å². The van der Waals surface area contributed by atoms with Crippen LogP contribution in [0, 0.1) is 6.92 Å². The highest BCUT2D eigenvalue weighted by Crippen LogP contribution is 2.31. The number of halogens is 1. The summed E-state index contributed by atoms with van der Waals surface area (Å²) in [6.45, 7) is 1.87. The molecule has 0 radical (unpaired) electrons. The van der Waals surface area contributed by atoms with Gasteiger partial charge < -0.3 is 15.4 Å². The first-order valence-corrected chi connectivity index (χ1v) is 12.0. The lowest BCUT2D eigenvalue weighted by atomic mass is 10.1. The van der Waals surface area contributed by atoms with Crippen molar-refractivity contribution in [1.82, 2.24) is 0 Å². The number of amides is 2. The quantitative estimate of drug-likeness (QED) is 0.280. The summed E-state index contributed by atoms with van der Waals surface area (Å²) in [7, 11) is 1.53. The maximum Gasteiger partial charge on any atom is 0.255 e. The number of thioether (sulfide) groups is 1. The van der Waals surface area contributed by atoms with Crippen LogP contribution in [0.3, 0.4) is 0 Å². The fourth-order valence-electron chi connectivity index (χ4n) is 3.43. The van der Waals surface area contributed by atoms with E-state index in [0.29, 0.717) is 27.7 Å². The molecule has 2 N–H and O–H groups in total.